The van der Waals surface area contributed by atoms with Gasteiger partial charge in [-0.3, -0.25) is 0 Å². The van der Waals surface area contributed by atoms with Crippen molar-refractivity contribution < 1.29 is 19.0 Å². The molecule has 0 spiro atoms. The van der Waals surface area contributed by atoms with E-state index in [1.54, 1.807) is 31.5 Å². The standard InChI is InChI=1S/C22H30N2O4/c1-4-6-8-14-26-17(3)22(25)28-19-11-9-18(10-12-19)21-23-15-20(16-24-21)27-13-7-5-2/h9-12,15-17H,4-8,13-14H2,1-3H3. The summed E-state index contributed by atoms with van der Waals surface area (Å²) in [5.41, 5.74) is 0.837. The monoisotopic (exact) mass is 386 g/mol. The second-order valence-corrected chi connectivity index (χ2v) is 6.61. The van der Waals surface area contributed by atoms with Gasteiger partial charge in [-0.1, -0.05) is 33.1 Å². The molecule has 2 rings (SSSR count). The van der Waals surface area contributed by atoms with E-state index in [-0.39, 0.29) is 0 Å². The topological polar surface area (TPSA) is 70.5 Å². The Hall–Kier alpha value is -2.47. The molecule has 0 aliphatic heterocycles. The summed E-state index contributed by atoms with van der Waals surface area (Å²) in [6.45, 7) is 7.19. The van der Waals surface area contributed by atoms with Gasteiger partial charge in [0, 0.05) is 12.2 Å². The molecule has 0 amide bonds. The number of nitrogens with zero attached hydrogens (tertiary/aromatic N) is 2. The average molecular weight is 386 g/mol. The van der Waals surface area contributed by atoms with Gasteiger partial charge in [0.2, 0.25) is 0 Å². The first-order valence-electron chi connectivity index (χ1n) is 10.0. The fourth-order valence-electron chi connectivity index (χ4n) is 2.43. The molecule has 0 aliphatic carbocycles. The smallest absolute Gasteiger partial charge is 0.340 e. The van der Waals surface area contributed by atoms with Crippen LogP contribution in [0.4, 0.5) is 0 Å². The van der Waals surface area contributed by atoms with Gasteiger partial charge < -0.3 is 14.2 Å². The van der Waals surface area contributed by atoms with Crippen LogP contribution >= 0.6 is 0 Å². The molecule has 1 aromatic carbocycles. The van der Waals surface area contributed by atoms with Crippen LogP contribution in [0.15, 0.2) is 36.7 Å². The minimum atomic E-state index is -0.583. The molecule has 0 fully saturated rings. The van der Waals surface area contributed by atoms with Gasteiger partial charge in [0.1, 0.15) is 5.75 Å². The quantitative estimate of drug-likeness (QED) is 0.296. The Kier molecular flexibility index (Phi) is 9.42. The fourth-order valence-corrected chi connectivity index (χ4v) is 2.43. The van der Waals surface area contributed by atoms with Gasteiger partial charge in [-0.05, 0) is 44.0 Å². The van der Waals surface area contributed by atoms with Gasteiger partial charge >= 0.3 is 5.97 Å². The number of carbonyl (C=O) groups is 1. The van der Waals surface area contributed by atoms with Gasteiger partial charge in [0.15, 0.2) is 17.7 Å². The van der Waals surface area contributed by atoms with Crippen molar-refractivity contribution in [2.45, 2.75) is 59.0 Å². The van der Waals surface area contributed by atoms with Crippen molar-refractivity contribution in [1.82, 2.24) is 9.97 Å². The van der Waals surface area contributed by atoms with E-state index < -0.39 is 12.1 Å². The predicted molar refractivity (Wildman–Crippen MR) is 108 cm³/mol. The van der Waals surface area contributed by atoms with Gasteiger partial charge in [-0.2, -0.15) is 0 Å². The van der Waals surface area contributed by atoms with Crippen LogP contribution in [0.1, 0.15) is 52.9 Å². The zero-order valence-electron chi connectivity index (χ0n) is 17.0. The third-order valence-corrected chi connectivity index (χ3v) is 4.17. The van der Waals surface area contributed by atoms with E-state index in [1.807, 2.05) is 12.1 Å². The number of rotatable bonds is 12. The molecule has 0 aliphatic rings. The van der Waals surface area contributed by atoms with Gasteiger partial charge in [0.25, 0.3) is 0 Å². The molecule has 0 radical (unpaired) electrons. The first-order chi connectivity index (χ1) is 13.6. The van der Waals surface area contributed by atoms with E-state index in [4.69, 9.17) is 14.2 Å². The van der Waals surface area contributed by atoms with Crippen LogP contribution in [0.2, 0.25) is 0 Å². The summed E-state index contributed by atoms with van der Waals surface area (Å²) in [7, 11) is 0. The van der Waals surface area contributed by atoms with E-state index in [2.05, 4.69) is 23.8 Å². The Morgan fingerprint density at radius 2 is 1.61 bits per heavy atom. The van der Waals surface area contributed by atoms with E-state index in [0.29, 0.717) is 30.5 Å². The molecule has 6 heteroatoms. The van der Waals surface area contributed by atoms with E-state index >= 15 is 0 Å². The highest BCUT2D eigenvalue weighted by Gasteiger charge is 2.16. The molecule has 28 heavy (non-hydrogen) atoms. The van der Waals surface area contributed by atoms with E-state index in [1.165, 1.54) is 0 Å². The number of hydrogen-bond donors (Lipinski definition) is 0. The molecule has 0 saturated carbocycles. The van der Waals surface area contributed by atoms with Gasteiger partial charge in [-0.25, -0.2) is 14.8 Å². The third-order valence-electron chi connectivity index (χ3n) is 4.17. The van der Waals surface area contributed by atoms with Crippen LogP contribution in [0.3, 0.4) is 0 Å². The lowest BCUT2D eigenvalue weighted by molar-refractivity contribution is -0.146. The third kappa shape index (κ3) is 7.27. The fraction of sp³-hybridized carbons (Fsp3) is 0.500. The van der Waals surface area contributed by atoms with Crippen molar-refractivity contribution >= 4 is 5.97 Å². The number of aromatic nitrogens is 2. The van der Waals surface area contributed by atoms with Crippen LogP contribution in [-0.2, 0) is 9.53 Å². The number of benzene rings is 1. The lowest BCUT2D eigenvalue weighted by Gasteiger charge is -2.12. The first kappa shape index (κ1) is 21.8. The molecule has 6 nitrogen and oxygen atoms in total. The molecule has 2 aromatic rings. The molecule has 152 valence electrons. The maximum atomic E-state index is 12.1. The summed E-state index contributed by atoms with van der Waals surface area (Å²) in [6, 6.07) is 7.10. The summed E-state index contributed by atoms with van der Waals surface area (Å²) in [5.74, 6) is 1.33. The van der Waals surface area contributed by atoms with Gasteiger partial charge in [0.05, 0.1) is 19.0 Å². The zero-order valence-corrected chi connectivity index (χ0v) is 17.0. The number of ether oxygens (including phenoxy) is 3. The molecule has 0 N–H and O–H groups in total. The van der Waals surface area contributed by atoms with Crippen molar-refractivity contribution in [1.29, 1.82) is 0 Å². The second kappa shape index (κ2) is 12.1. The highest BCUT2D eigenvalue weighted by atomic mass is 16.6. The van der Waals surface area contributed by atoms with E-state index in [9.17, 15) is 4.79 Å². The maximum absolute atomic E-state index is 12.1. The summed E-state index contributed by atoms with van der Waals surface area (Å²) in [5, 5.41) is 0. The van der Waals surface area contributed by atoms with Crippen LogP contribution in [0.5, 0.6) is 11.5 Å². The highest BCUT2D eigenvalue weighted by molar-refractivity contribution is 5.77. The highest BCUT2D eigenvalue weighted by Crippen LogP contribution is 2.21. The van der Waals surface area contributed by atoms with Crippen LogP contribution in [0.25, 0.3) is 11.4 Å². The number of hydrogen-bond acceptors (Lipinski definition) is 6. The number of esters is 1. The first-order valence-corrected chi connectivity index (χ1v) is 10.0. The molecular formula is C22H30N2O4. The number of carbonyl (C=O) groups excluding carboxylic acids is 1. The molecule has 0 bridgehead atoms. The Balaban J connectivity index is 1.86. The average Bonchev–Trinajstić information content (AvgIpc) is 2.72. The van der Waals surface area contributed by atoms with Crippen LogP contribution in [0, 0.1) is 0 Å². The maximum Gasteiger partial charge on any atom is 0.340 e. The lowest BCUT2D eigenvalue weighted by atomic mass is 10.2. The summed E-state index contributed by atoms with van der Waals surface area (Å²) < 4.78 is 16.5. The summed E-state index contributed by atoms with van der Waals surface area (Å²) >= 11 is 0. The molecule has 0 saturated heterocycles. The van der Waals surface area contributed by atoms with Crippen LogP contribution in [-0.4, -0.2) is 35.3 Å². The SMILES string of the molecule is CCCCCOC(C)C(=O)Oc1ccc(-c2ncc(OCCCC)cn2)cc1. The minimum Gasteiger partial charge on any atom is -0.490 e. The molecule has 1 atom stereocenters. The lowest BCUT2D eigenvalue weighted by Crippen LogP contribution is -2.26. The summed E-state index contributed by atoms with van der Waals surface area (Å²) in [4.78, 5) is 20.8. The molecule has 1 aromatic heterocycles. The molecular weight excluding hydrogens is 356 g/mol. The zero-order chi connectivity index (χ0) is 20.2. The molecule has 1 heterocycles. The second-order valence-electron chi connectivity index (χ2n) is 6.61. The van der Waals surface area contributed by atoms with Crippen LogP contribution < -0.4 is 9.47 Å². The van der Waals surface area contributed by atoms with E-state index in [0.717, 1.165) is 37.7 Å². The Morgan fingerprint density at radius 3 is 2.25 bits per heavy atom. The minimum absolute atomic E-state index is 0.394. The Morgan fingerprint density at radius 1 is 0.929 bits per heavy atom. The number of unbranched alkanes of at least 4 members (excludes halogenated alkanes) is 3. The largest absolute Gasteiger partial charge is 0.490 e. The Bertz CT molecular complexity index is 701. The molecule has 1 unspecified atom stereocenters. The summed E-state index contributed by atoms with van der Waals surface area (Å²) in [6.07, 6.45) is 8.01. The Labute approximate surface area is 167 Å². The van der Waals surface area contributed by atoms with Crippen molar-refractivity contribution in [3.63, 3.8) is 0 Å². The van der Waals surface area contributed by atoms with Crippen molar-refractivity contribution in [2.75, 3.05) is 13.2 Å². The predicted octanol–water partition coefficient (Wildman–Crippen LogP) is 4.82. The normalized spacial score (nSPS) is 11.8. The van der Waals surface area contributed by atoms with Crippen molar-refractivity contribution in [3.05, 3.63) is 36.7 Å². The van der Waals surface area contributed by atoms with Gasteiger partial charge in [-0.15, -0.1) is 0 Å². The van der Waals surface area contributed by atoms with Crippen molar-refractivity contribution in [2.24, 2.45) is 0 Å². The van der Waals surface area contributed by atoms with Crippen molar-refractivity contribution in [3.8, 4) is 22.9 Å².